The summed E-state index contributed by atoms with van der Waals surface area (Å²) in [7, 11) is 1.17. The van der Waals surface area contributed by atoms with Gasteiger partial charge in [-0.3, -0.25) is 10.2 Å². The fourth-order valence-electron chi connectivity index (χ4n) is 2.09. The van der Waals surface area contributed by atoms with Gasteiger partial charge in [-0.15, -0.1) is 11.3 Å². The number of thiazole rings is 1. The third kappa shape index (κ3) is 5.19. The topological polar surface area (TPSA) is 72.8 Å². The number of carbonyl (C=O) groups is 1. The maximum atomic E-state index is 13.2. The number of hydrogen-bond acceptors (Lipinski definition) is 7. The first-order chi connectivity index (χ1) is 12.3. The molecule has 2 aromatic rings. The van der Waals surface area contributed by atoms with Crippen molar-refractivity contribution in [1.29, 1.82) is 0 Å². The molecule has 140 valence electrons. The van der Waals surface area contributed by atoms with Crippen LogP contribution in [0.25, 0.3) is 0 Å². The molecule has 1 N–H and O–H groups in total. The molecule has 1 aromatic heterocycles. The van der Waals surface area contributed by atoms with Crippen molar-refractivity contribution in [3.05, 3.63) is 40.4 Å². The van der Waals surface area contributed by atoms with E-state index >= 15 is 0 Å². The highest BCUT2D eigenvalue weighted by atomic mass is 32.1. The highest BCUT2D eigenvalue weighted by molar-refractivity contribution is 7.13. The largest absolute Gasteiger partial charge is 0.496 e. The number of nitrogens with one attached hydrogen (secondary N) is 1. The second kappa shape index (κ2) is 8.65. The number of esters is 1. The minimum Gasteiger partial charge on any atom is -0.496 e. The zero-order chi connectivity index (χ0) is 19.2. The van der Waals surface area contributed by atoms with Crippen LogP contribution in [0.5, 0.6) is 5.75 Å². The Morgan fingerprint density at radius 2 is 2.19 bits per heavy atom. The van der Waals surface area contributed by atoms with Crippen LogP contribution in [0.1, 0.15) is 23.7 Å². The third-order valence-corrected chi connectivity index (χ3v) is 3.90. The fourth-order valence-corrected chi connectivity index (χ4v) is 2.74. The summed E-state index contributed by atoms with van der Waals surface area (Å²) in [6.45, 7) is 1.98. The lowest BCUT2D eigenvalue weighted by Crippen LogP contribution is -2.11. The number of benzene rings is 1. The van der Waals surface area contributed by atoms with Crippen molar-refractivity contribution in [2.75, 3.05) is 19.1 Å². The first kappa shape index (κ1) is 19.7. The van der Waals surface area contributed by atoms with Crippen LogP contribution < -0.4 is 10.2 Å². The van der Waals surface area contributed by atoms with E-state index in [1.54, 1.807) is 12.3 Å². The number of hydrogen-bond donors (Lipinski definition) is 1. The van der Waals surface area contributed by atoms with Crippen LogP contribution in [0.2, 0.25) is 0 Å². The lowest BCUT2D eigenvalue weighted by Gasteiger charge is -2.14. The van der Waals surface area contributed by atoms with Gasteiger partial charge in [0, 0.05) is 10.9 Å². The number of methoxy groups -OCH3 is 1. The summed E-state index contributed by atoms with van der Waals surface area (Å²) in [5, 5.41) is 5.78. The van der Waals surface area contributed by atoms with Gasteiger partial charge < -0.3 is 9.47 Å². The standard InChI is InChI=1S/C16H16F3N3O3S/c1-3-25-13(23)7-11-9-26-15(21-11)22-20-8-10-5-4-6-12(24-2)14(10)16(17,18)19/h4-6,8-9H,3,7H2,1-2H3,(H,21,22). The molecule has 0 fully saturated rings. The van der Waals surface area contributed by atoms with E-state index in [2.05, 4.69) is 15.5 Å². The summed E-state index contributed by atoms with van der Waals surface area (Å²) >= 11 is 1.17. The van der Waals surface area contributed by atoms with Crippen molar-refractivity contribution >= 4 is 28.7 Å². The van der Waals surface area contributed by atoms with E-state index in [9.17, 15) is 18.0 Å². The number of aromatic nitrogens is 1. The zero-order valence-corrected chi connectivity index (χ0v) is 14.8. The third-order valence-electron chi connectivity index (χ3n) is 3.11. The van der Waals surface area contributed by atoms with E-state index in [-0.39, 0.29) is 24.3 Å². The van der Waals surface area contributed by atoms with Gasteiger partial charge in [-0.05, 0) is 13.0 Å². The second-order valence-electron chi connectivity index (χ2n) is 4.92. The van der Waals surface area contributed by atoms with Gasteiger partial charge >= 0.3 is 12.1 Å². The molecule has 0 saturated carbocycles. The van der Waals surface area contributed by atoms with Gasteiger partial charge in [0.05, 0.1) is 32.0 Å². The van der Waals surface area contributed by atoms with Crippen LogP contribution in [0.3, 0.4) is 0 Å². The van der Waals surface area contributed by atoms with E-state index in [0.717, 1.165) is 6.21 Å². The lowest BCUT2D eigenvalue weighted by molar-refractivity contribution is -0.142. The number of carbonyl (C=O) groups excluding carboxylic acids is 1. The first-order valence-electron chi connectivity index (χ1n) is 7.48. The number of alkyl halides is 3. The summed E-state index contributed by atoms with van der Waals surface area (Å²) in [6.07, 6.45) is -3.52. The Morgan fingerprint density at radius 1 is 1.42 bits per heavy atom. The maximum absolute atomic E-state index is 13.2. The minimum absolute atomic E-state index is 0.0177. The zero-order valence-electron chi connectivity index (χ0n) is 14.0. The number of anilines is 1. The highest BCUT2D eigenvalue weighted by Crippen LogP contribution is 2.38. The molecule has 0 radical (unpaired) electrons. The van der Waals surface area contributed by atoms with Crippen molar-refractivity contribution in [1.82, 2.24) is 4.98 Å². The smallest absolute Gasteiger partial charge is 0.420 e. The maximum Gasteiger partial charge on any atom is 0.420 e. The van der Waals surface area contributed by atoms with E-state index < -0.39 is 17.7 Å². The second-order valence-corrected chi connectivity index (χ2v) is 5.78. The van der Waals surface area contributed by atoms with E-state index in [1.807, 2.05) is 0 Å². The van der Waals surface area contributed by atoms with Crippen molar-refractivity contribution in [3.8, 4) is 5.75 Å². The Bertz CT molecular complexity index is 791. The van der Waals surface area contributed by atoms with E-state index in [0.29, 0.717) is 10.8 Å². The number of rotatable bonds is 7. The minimum atomic E-state index is -4.58. The van der Waals surface area contributed by atoms with Crippen LogP contribution in [-0.2, 0) is 22.1 Å². The molecule has 1 heterocycles. The number of hydrazone groups is 1. The normalized spacial score (nSPS) is 11.6. The van der Waals surface area contributed by atoms with E-state index in [1.165, 1.54) is 36.6 Å². The molecule has 0 amide bonds. The highest BCUT2D eigenvalue weighted by Gasteiger charge is 2.36. The Morgan fingerprint density at radius 3 is 2.85 bits per heavy atom. The number of halogens is 3. The van der Waals surface area contributed by atoms with Crippen molar-refractivity contribution in [3.63, 3.8) is 0 Å². The van der Waals surface area contributed by atoms with Crippen LogP contribution in [-0.4, -0.2) is 30.9 Å². The van der Waals surface area contributed by atoms with Crippen molar-refractivity contribution in [2.24, 2.45) is 5.10 Å². The molecule has 0 unspecified atom stereocenters. The Hall–Kier alpha value is -2.62. The van der Waals surface area contributed by atoms with Gasteiger partial charge in [-0.1, -0.05) is 12.1 Å². The van der Waals surface area contributed by atoms with Crippen LogP contribution in [0, 0.1) is 0 Å². The molecule has 0 atom stereocenters. The lowest BCUT2D eigenvalue weighted by atomic mass is 10.1. The molecule has 2 rings (SSSR count). The first-order valence-corrected chi connectivity index (χ1v) is 8.36. The average molecular weight is 387 g/mol. The van der Waals surface area contributed by atoms with Gasteiger partial charge in [0.1, 0.15) is 11.3 Å². The SMILES string of the molecule is CCOC(=O)Cc1csc(NN=Cc2cccc(OC)c2C(F)(F)F)n1. The molecule has 1 aromatic carbocycles. The Labute approximate surface area is 151 Å². The van der Waals surface area contributed by atoms with Crippen LogP contribution in [0.4, 0.5) is 18.3 Å². The van der Waals surface area contributed by atoms with Crippen LogP contribution >= 0.6 is 11.3 Å². The monoisotopic (exact) mass is 387 g/mol. The number of ether oxygens (including phenoxy) is 2. The quantitative estimate of drug-likeness (QED) is 0.445. The predicted octanol–water partition coefficient (Wildman–Crippen LogP) is 3.72. The molecule has 0 saturated heterocycles. The summed E-state index contributed by atoms with van der Waals surface area (Å²) in [5.74, 6) is -0.688. The molecule has 0 aliphatic heterocycles. The molecule has 10 heteroatoms. The summed E-state index contributed by atoms with van der Waals surface area (Å²) in [6, 6.07) is 3.96. The molecule has 0 aliphatic rings. The van der Waals surface area contributed by atoms with Gasteiger partial charge in [-0.25, -0.2) is 4.98 Å². The predicted molar refractivity (Wildman–Crippen MR) is 91.7 cm³/mol. The molecular formula is C16H16F3N3O3S. The van der Waals surface area contributed by atoms with Gasteiger partial charge in [0.2, 0.25) is 5.13 Å². The number of nitrogens with zero attached hydrogens (tertiary/aromatic N) is 2. The molecule has 6 nitrogen and oxygen atoms in total. The van der Waals surface area contributed by atoms with Gasteiger partial charge in [0.25, 0.3) is 0 Å². The molecule has 26 heavy (non-hydrogen) atoms. The summed E-state index contributed by atoms with van der Waals surface area (Å²) in [4.78, 5) is 15.5. The molecule has 0 bridgehead atoms. The summed E-state index contributed by atoms with van der Waals surface area (Å²) < 4.78 is 49.3. The van der Waals surface area contributed by atoms with Crippen LogP contribution in [0.15, 0.2) is 28.7 Å². The van der Waals surface area contributed by atoms with Gasteiger partial charge in [-0.2, -0.15) is 18.3 Å². The van der Waals surface area contributed by atoms with Gasteiger partial charge in [0.15, 0.2) is 0 Å². The fraction of sp³-hybridized carbons (Fsp3) is 0.312. The molecule has 0 spiro atoms. The average Bonchev–Trinajstić information content (AvgIpc) is 3.01. The Kier molecular flexibility index (Phi) is 6.56. The summed E-state index contributed by atoms with van der Waals surface area (Å²) in [5.41, 5.74) is 1.99. The Balaban J connectivity index is 2.10. The van der Waals surface area contributed by atoms with Crippen molar-refractivity contribution < 1.29 is 27.4 Å². The van der Waals surface area contributed by atoms with E-state index in [4.69, 9.17) is 9.47 Å². The van der Waals surface area contributed by atoms with Crippen molar-refractivity contribution in [2.45, 2.75) is 19.5 Å². The molecular weight excluding hydrogens is 371 g/mol. The molecule has 0 aliphatic carbocycles.